The van der Waals surface area contributed by atoms with E-state index in [-0.39, 0.29) is 6.10 Å². The van der Waals surface area contributed by atoms with Crippen molar-refractivity contribution in [3.05, 3.63) is 28.8 Å². The van der Waals surface area contributed by atoms with Crippen LogP contribution in [0.25, 0.3) is 0 Å². The maximum Gasteiger partial charge on any atom is 0.120 e. The maximum atomic E-state index is 5.87. The molecule has 0 N–H and O–H groups in total. The molecule has 3 heteroatoms. The van der Waals surface area contributed by atoms with Gasteiger partial charge in [0.2, 0.25) is 0 Å². The Morgan fingerprint density at radius 2 is 2.15 bits per heavy atom. The summed E-state index contributed by atoms with van der Waals surface area (Å²) in [4.78, 5) is 0. The van der Waals surface area contributed by atoms with Crippen molar-refractivity contribution >= 4 is 23.2 Å². The van der Waals surface area contributed by atoms with Gasteiger partial charge in [-0.2, -0.15) is 0 Å². The van der Waals surface area contributed by atoms with E-state index < -0.39 is 0 Å². The molecule has 1 aromatic carbocycles. The average Bonchev–Trinajstić information content (AvgIpc) is 2.11. The molecule has 1 unspecified atom stereocenters. The van der Waals surface area contributed by atoms with Gasteiger partial charge in [0, 0.05) is 5.02 Å². The van der Waals surface area contributed by atoms with Gasteiger partial charge in [-0.3, -0.25) is 0 Å². The van der Waals surface area contributed by atoms with Gasteiger partial charge in [-0.15, -0.1) is 11.6 Å². The van der Waals surface area contributed by atoms with Crippen molar-refractivity contribution in [2.45, 2.75) is 20.0 Å². The minimum atomic E-state index is 0.0299. The van der Waals surface area contributed by atoms with Crippen LogP contribution >= 0.6 is 23.2 Å². The molecule has 72 valence electrons. The lowest BCUT2D eigenvalue weighted by Crippen LogP contribution is -2.12. The third kappa shape index (κ3) is 3.09. The molecule has 1 rings (SSSR count). The normalized spacial score (nSPS) is 12.6. The Bertz CT molecular complexity index is 286. The Labute approximate surface area is 88.6 Å². The monoisotopic (exact) mass is 218 g/mol. The molecular weight excluding hydrogens is 207 g/mol. The van der Waals surface area contributed by atoms with Gasteiger partial charge in [-0.1, -0.05) is 11.6 Å². The second-order valence-corrected chi connectivity index (χ2v) is 3.71. The lowest BCUT2D eigenvalue weighted by atomic mass is 10.2. The first-order valence-electron chi connectivity index (χ1n) is 4.12. The second kappa shape index (κ2) is 4.73. The van der Waals surface area contributed by atoms with Crippen LogP contribution in [0.1, 0.15) is 12.5 Å². The van der Waals surface area contributed by atoms with Crippen molar-refractivity contribution in [1.29, 1.82) is 0 Å². The third-order valence-corrected chi connectivity index (χ3v) is 2.54. The minimum Gasteiger partial charge on any atom is -0.489 e. The Balaban J connectivity index is 2.73. The molecule has 0 saturated heterocycles. The molecule has 0 aliphatic carbocycles. The molecule has 0 amide bonds. The van der Waals surface area contributed by atoms with E-state index >= 15 is 0 Å². The van der Waals surface area contributed by atoms with Gasteiger partial charge in [-0.05, 0) is 37.6 Å². The van der Waals surface area contributed by atoms with Gasteiger partial charge in [0.05, 0.1) is 5.88 Å². The molecule has 0 heterocycles. The molecule has 0 aliphatic rings. The summed E-state index contributed by atoms with van der Waals surface area (Å²) in [5.41, 5.74) is 1.01. The van der Waals surface area contributed by atoms with Crippen molar-refractivity contribution in [1.82, 2.24) is 0 Å². The van der Waals surface area contributed by atoms with Crippen molar-refractivity contribution in [3.63, 3.8) is 0 Å². The summed E-state index contributed by atoms with van der Waals surface area (Å²) in [5.74, 6) is 1.30. The Hall–Kier alpha value is -0.400. The Morgan fingerprint density at radius 1 is 1.46 bits per heavy atom. The van der Waals surface area contributed by atoms with Crippen LogP contribution in [0.5, 0.6) is 5.75 Å². The predicted octanol–water partition coefficient (Wildman–Crippen LogP) is 3.65. The molecule has 0 bridgehead atoms. The van der Waals surface area contributed by atoms with E-state index in [2.05, 4.69) is 0 Å². The lowest BCUT2D eigenvalue weighted by Gasteiger charge is -2.12. The first kappa shape index (κ1) is 10.7. The highest BCUT2D eigenvalue weighted by Crippen LogP contribution is 2.21. The van der Waals surface area contributed by atoms with Crippen molar-refractivity contribution in [3.8, 4) is 5.75 Å². The van der Waals surface area contributed by atoms with E-state index in [1.165, 1.54) is 0 Å². The smallest absolute Gasteiger partial charge is 0.120 e. The molecule has 13 heavy (non-hydrogen) atoms. The van der Waals surface area contributed by atoms with E-state index in [9.17, 15) is 0 Å². The fraction of sp³-hybridized carbons (Fsp3) is 0.400. The zero-order chi connectivity index (χ0) is 9.84. The SMILES string of the molecule is Cc1cc(OC(C)CCl)ccc1Cl. The highest BCUT2D eigenvalue weighted by atomic mass is 35.5. The zero-order valence-electron chi connectivity index (χ0n) is 7.68. The van der Waals surface area contributed by atoms with E-state index in [0.29, 0.717) is 5.88 Å². The Kier molecular flexibility index (Phi) is 3.89. The predicted molar refractivity (Wildman–Crippen MR) is 57.0 cm³/mol. The van der Waals surface area contributed by atoms with Gasteiger partial charge in [0.15, 0.2) is 0 Å². The minimum absolute atomic E-state index is 0.0299. The quantitative estimate of drug-likeness (QED) is 0.705. The number of aryl methyl sites for hydroxylation is 1. The Morgan fingerprint density at radius 3 is 2.69 bits per heavy atom. The molecule has 1 aromatic rings. The fourth-order valence-electron chi connectivity index (χ4n) is 0.954. The molecule has 0 aromatic heterocycles. The topological polar surface area (TPSA) is 9.23 Å². The highest BCUT2D eigenvalue weighted by Gasteiger charge is 2.03. The van der Waals surface area contributed by atoms with Gasteiger partial charge in [0.1, 0.15) is 11.9 Å². The summed E-state index contributed by atoms with van der Waals surface area (Å²) >= 11 is 11.5. The van der Waals surface area contributed by atoms with Crippen molar-refractivity contribution < 1.29 is 4.74 Å². The molecule has 0 spiro atoms. The van der Waals surface area contributed by atoms with E-state index in [1.54, 1.807) is 0 Å². The van der Waals surface area contributed by atoms with Crippen molar-refractivity contribution in [2.24, 2.45) is 0 Å². The highest BCUT2D eigenvalue weighted by molar-refractivity contribution is 6.31. The van der Waals surface area contributed by atoms with E-state index in [0.717, 1.165) is 16.3 Å². The summed E-state index contributed by atoms with van der Waals surface area (Å²) in [6.07, 6.45) is 0.0299. The molecular formula is C10H12Cl2O. The second-order valence-electron chi connectivity index (χ2n) is 2.99. The van der Waals surface area contributed by atoms with Crippen LogP contribution in [0.15, 0.2) is 18.2 Å². The van der Waals surface area contributed by atoms with Crippen LogP contribution < -0.4 is 4.74 Å². The molecule has 0 fully saturated rings. The molecule has 0 saturated carbocycles. The first-order valence-corrected chi connectivity index (χ1v) is 5.03. The number of hydrogen-bond acceptors (Lipinski definition) is 1. The zero-order valence-corrected chi connectivity index (χ0v) is 9.19. The van der Waals surface area contributed by atoms with Crippen LogP contribution in [-0.2, 0) is 0 Å². The van der Waals surface area contributed by atoms with Crippen LogP contribution in [0.3, 0.4) is 0 Å². The average molecular weight is 219 g/mol. The number of halogens is 2. The van der Waals surface area contributed by atoms with Crippen molar-refractivity contribution in [2.75, 3.05) is 5.88 Å². The van der Waals surface area contributed by atoms with Gasteiger partial charge < -0.3 is 4.74 Å². The summed E-state index contributed by atoms with van der Waals surface area (Å²) < 4.78 is 5.51. The number of rotatable bonds is 3. The first-order chi connectivity index (χ1) is 6.13. The maximum absolute atomic E-state index is 5.87. The number of benzene rings is 1. The molecule has 0 aliphatic heterocycles. The summed E-state index contributed by atoms with van der Waals surface area (Å²) in [5, 5.41) is 0.755. The van der Waals surface area contributed by atoms with Crippen LogP contribution in [0, 0.1) is 6.92 Å². The fourth-order valence-corrected chi connectivity index (χ4v) is 1.13. The van der Waals surface area contributed by atoms with Gasteiger partial charge in [0.25, 0.3) is 0 Å². The van der Waals surface area contributed by atoms with Crippen LogP contribution in [-0.4, -0.2) is 12.0 Å². The molecule has 1 nitrogen and oxygen atoms in total. The molecule has 1 atom stereocenters. The third-order valence-electron chi connectivity index (χ3n) is 1.68. The summed E-state index contributed by atoms with van der Waals surface area (Å²) in [7, 11) is 0. The van der Waals surface area contributed by atoms with Crippen LogP contribution in [0.2, 0.25) is 5.02 Å². The van der Waals surface area contributed by atoms with Gasteiger partial charge in [-0.25, -0.2) is 0 Å². The van der Waals surface area contributed by atoms with E-state index in [4.69, 9.17) is 27.9 Å². The number of ether oxygens (including phenoxy) is 1. The van der Waals surface area contributed by atoms with E-state index in [1.807, 2.05) is 32.0 Å². The number of alkyl halides is 1. The summed E-state index contributed by atoms with van der Waals surface area (Å²) in [6.45, 7) is 3.87. The van der Waals surface area contributed by atoms with Gasteiger partial charge >= 0.3 is 0 Å². The lowest BCUT2D eigenvalue weighted by molar-refractivity contribution is 0.245. The largest absolute Gasteiger partial charge is 0.489 e. The summed E-state index contributed by atoms with van der Waals surface area (Å²) in [6, 6.07) is 5.58. The number of hydrogen-bond donors (Lipinski definition) is 0. The van der Waals surface area contributed by atoms with Crippen LogP contribution in [0.4, 0.5) is 0 Å². The molecule has 0 radical (unpaired) electrons. The standard InChI is InChI=1S/C10H12Cl2O/c1-7-5-9(3-4-10(7)12)13-8(2)6-11/h3-5,8H,6H2,1-2H3.